The highest BCUT2D eigenvalue weighted by atomic mass is 16.6. The van der Waals surface area contributed by atoms with E-state index >= 15 is 0 Å². The molecular formula is C12H20O4. The van der Waals surface area contributed by atoms with E-state index in [0.29, 0.717) is 6.61 Å². The van der Waals surface area contributed by atoms with E-state index in [-0.39, 0.29) is 24.3 Å². The summed E-state index contributed by atoms with van der Waals surface area (Å²) in [6, 6.07) is 0. The van der Waals surface area contributed by atoms with Crippen molar-refractivity contribution in [2.75, 3.05) is 13.2 Å². The smallest absolute Gasteiger partial charge is 0.302 e. The summed E-state index contributed by atoms with van der Waals surface area (Å²) < 4.78 is 10.2. The Hall–Kier alpha value is -0.870. The molecule has 1 heterocycles. The van der Waals surface area contributed by atoms with Crippen LogP contribution in [0.2, 0.25) is 0 Å². The Morgan fingerprint density at radius 1 is 1.56 bits per heavy atom. The minimum atomic E-state index is -0.323. The molecule has 4 heteroatoms. The van der Waals surface area contributed by atoms with E-state index < -0.39 is 0 Å². The topological polar surface area (TPSA) is 59.1 Å². The molecule has 0 saturated carbocycles. The summed E-state index contributed by atoms with van der Waals surface area (Å²) in [5.41, 5.74) is 0.855. The van der Waals surface area contributed by atoms with Crippen LogP contribution in [0.1, 0.15) is 33.6 Å². The molecule has 92 valence electrons. The van der Waals surface area contributed by atoms with Crippen LogP contribution < -0.4 is 0 Å². The first-order valence-electron chi connectivity index (χ1n) is 5.55. The summed E-state index contributed by atoms with van der Waals surface area (Å²) in [6.07, 6.45) is 3.87. The molecule has 0 aliphatic carbocycles. The van der Waals surface area contributed by atoms with Crippen molar-refractivity contribution < 1.29 is 19.4 Å². The SMILES string of the molecule is CC(=O)OC/C=C(/C)CC[C@H]1O[C@]1(C)CO. The molecule has 1 aliphatic heterocycles. The van der Waals surface area contributed by atoms with E-state index in [9.17, 15) is 4.79 Å². The lowest BCUT2D eigenvalue weighted by Crippen LogP contribution is -2.15. The van der Waals surface area contributed by atoms with E-state index in [2.05, 4.69) is 0 Å². The average molecular weight is 228 g/mol. The Kier molecular flexibility index (Phi) is 4.50. The molecule has 0 unspecified atom stereocenters. The Morgan fingerprint density at radius 2 is 2.25 bits per heavy atom. The van der Waals surface area contributed by atoms with Gasteiger partial charge in [-0.15, -0.1) is 0 Å². The number of esters is 1. The molecule has 16 heavy (non-hydrogen) atoms. The molecule has 0 aromatic carbocycles. The number of aliphatic hydroxyl groups is 1. The first kappa shape index (κ1) is 13.2. The largest absolute Gasteiger partial charge is 0.462 e. The lowest BCUT2D eigenvalue weighted by molar-refractivity contribution is -0.139. The van der Waals surface area contributed by atoms with Crippen LogP contribution in [0.15, 0.2) is 11.6 Å². The Labute approximate surface area is 96.2 Å². The van der Waals surface area contributed by atoms with Gasteiger partial charge in [-0.25, -0.2) is 0 Å². The van der Waals surface area contributed by atoms with E-state index in [1.807, 2.05) is 19.9 Å². The van der Waals surface area contributed by atoms with Crippen molar-refractivity contribution in [1.82, 2.24) is 0 Å². The highest BCUT2D eigenvalue weighted by Gasteiger charge is 2.50. The first-order valence-corrected chi connectivity index (χ1v) is 5.55. The molecule has 1 saturated heterocycles. The maximum Gasteiger partial charge on any atom is 0.302 e. The normalized spacial score (nSPS) is 29.0. The summed E-state index contributed by atoms with van der Waals surface area (Å²) in [4.78, 5) is 10.5. The van der Waals surface area contributed by atoms with Crippen molar-refractivity contribution in [3.63, 3.8) is 0 Å². The fraction of sp³-hybridized carbons (Fsp3) is 0.750. The zero-order valence-electron chi connectivity index (χ0n) is 10.2. The lowest BCUT2D eigenvalue weighted by Gasteiger charge is -2.02. The van der Waals surface area contributed by atoms with E-state index in [0.717, 1.165) is 12.8 Å². The summed E-state index contributed by atoms with van der Waals surface area (Å²) in [6.45, 7) is 5.73. The minimum absolute atomic E-state index is 0.0773. The van der Waals surface area contributed by atoms with Crippen LogP contribution in [0.3, 0.4) is 0 Å². The highest BCUT2D eigenvalue weighted by Crippen LogP contribution is 2.39. The number of aliphatic hydroxyl groups excluding tert-OH is 1. The van der Waals surface area contributed by atoms with Gasteiger partial charge in [-0.3, -0.25) is 4.79 Å². The molecular weight excluding hydrogens is 208 g/mol. The molecule has 1 N–H and O–H groups in total. The molecule has 0 bridgehead atoms. The molecule has 0 radical (unpaired) electrons. The Balaban J connectivity index is 2.16. The fourth-order valence-corrected chi connectivity index (χ4v) is 1.56. The second kappa shape index (κ2) is 5.46. The molecule has 1 rings (SSSR count). The lowest BCUT2D eigenvalue weighted by atomic mass is 10.0. The second-order valence-corrected chi connectivity index (χ2v) is 4.47. The molecule has 2 atom stereocenters. The summed E-state index contributed by atoms with van der Waals surface area (Å²) in [5, 5.41) is 9.01. The molecule has 1 aliphatic rings. The highest BCUT2D eigenvalue weighted by molar-refractivity contribution is 5.66. The molecule has 0 aromatic heterocycles. The van der Waals surface area contributed by atoms with Gasteiger partial charge in [-0.05, 0) is 32.8 Å². The summed E-state index contributed by atoms with van der Waals surface area (Å²) >= 11 is 0. The number of ether oxygens (including phenoxy) is 2. The van der Waals surface area contributed by atoms with Crippen LogP contribution in [0, 0.1) is 0 Å². The van der Waals surface area contributed by atoms with Gasteiger partial charge in [-0.2, -0.15) is 0 Å². The number of hydrogen-bond acceptors (Lipinski definition) is 4. The van der Waals surface area contributed by atoms with Gasteiger partial charge in [-0.1, -0.05) is 5.57 Å². The van der Waals surface area contributed by atoms with Crippen molar-refractivity contribution in [3.05, 3.63) is 11.6 Å². The zero-order chi connectivity index (χ0) is 12.2. The fourth-order valence-electron chi connectivity index (χ4n) is 1.56. The third-order valence-corrected chi connectivity index (χ3v) is 2.87. The van der Waals surface area contributed by atoms with E-state index in [1.165, 1.54) is 12.5 Å². The van der Waals surface area contributed by atoms with E-state index in [1.54, 1.807) is 0 Å². The van der Waals surface area contributed by atoms with Gasteiger partial charge < -0.3 is 14.6 Å². The van der Waals surface area contributed by atoms with Crippen molar-refractivity contribution >= 4 is 5.97 Å². The maximum absolute atomic E-state index is 10.5. The first-order chi connectivity index (χ1) is 7.48. The van der Waals surface area contributed by atoms with Crippen LogP contribution in [0.4, 0.5) is 0 Å². The number of carbonyl (C=O) groups excluding carboxylic acids is 1. The van der Waals surface area contributed by atoms with Crippen LogP contribution in [0.25, 0.3) is 0 Å². The Morgan fingerprint density at radius 3 is 2.75 bits per heavy atom. The molecule has 0 spiro atoms. The zero-order valence-corrected chi connectivity index (χ0v) is 10.2. The van der Waals surface area contributed by atoms with Crippen molar-refractivity contribution in [2.24, 2.45) is 0 Å². The van der Waals surface area contributed by atoms with Gasteiger partial charge in [0, 0.05) is 6.92 Å². The minimum Gasteiger partial charge on any atom is -0.462 e. The maximum atomic E-state index is 10.5. The number of epoxide rings is 1. The number of allylic oxidation sites excluding steroid dienone is 1. The Bertz CT molecular complexity index is 285. The number of carbonyl (C=O) groups is 1. The summed E-state index contributed by atoms with van der Waals surface area (Å²) in [7, 11) is 0. The number of rotatable bonds is 6. The average Bonchev–Trinajstić information content (AvgIpc) is 2.87. The second-order valence-electron chi connectivity index (χ2n) is 4.47. The third kappa shape index (κ3) is 3.94. The predicted octanol–water partition coefficient (Wildman–Crippen LogP) is 1.43. The van der Waals surface area contributed by atoms with Gasteiger partial charge in [0.1, 0.15) is 12.2 Å². The van der Waals surface area contributed by atoms with Gasteiger partial charge >= 0.3 is 5.97 Å². The van der Waals surface area contributed by atoms with Gasteiger partial charge in [0.05, 0.1) is 12.7 Å². The van der Waals surface area contributed by atoms with Crippen molar-refractivity contribution in [3.8, 4) is 0 Å². The molecule has 4 nitrogen and oxygen atoms in total. The number of hydrogen-bond donors (Lipinski definition) is 1. The monoisotopic (exact) mass is 228 g/mol. The summed E-state index contributed by atoms with van der Waals surface area (Å²) in [5.74, 6) is -0.262. The quantitative estimate of drug-likeness (QED) is 0.424. The molecule has 1 fully saturated rings. The van der Waals surface area contributed by atoms with Gasteiger partial charge in [0.25, 0.3) is 0 Å². The van der Waals surface area contributed by atoms with Crippen LogP contribution in [-0.2, 0) is 14.3 Å². The standard InChI is InChI=1S/C12H20O4/c1-9(6-7-15-10(2)14)4-5-11-12(3,8-13)16-11/h6,11,13H,4-5,7-8H2,1-3H3/b9-6-/t11-,12-/m1/s1. The van der Waals surface area contributed by atoms with Crippen LogP contribution in [-0.4, -0.2) is 36.0 Å². The van der Waals surface area contributed by atoms with Crippen molar-refractivity contribution in [1.29, 1.82) is 0 Å². The van der Waals surface area contributed by atoms with E-state index in [4.69, 9.17) is 14.6 Å². The predicted molar refractivity (Wildman–Crippen MR) is 60.0 cm³/mol. The van der Waals surface area contributed by atoms with Crippen LogP contribution in [0.5, 0.6) is 0 Å². The van der Waals surface area contributed by atoms with Crippen molar-refractivity contribution in [2.45, 2.75) is 45.3 Å². The molecule has 0 amide bonds. The third-order valence-electron chi connectivity index (χ3n) is 2.87. The molecule has 0 aromatic rings. The van der Waals surface area contributed by atoms with Gasteiger partial charge in [0.15, 0.2) is 0 Å². The van der Waals surface area contributed by atoms with Gasteiger partial charge in [0.2, 0.25) is 0 Å². The van der Waals surface area contributed by atoms with Crippen LogP contribution >= 0.6 is 0 Å².